The zero-order chi connectivity index (χ0) is 13.9. The summed E-state index contributed by atoms with van der Waals surface area (Å²) in [6, 6.07) is 8.76. The average molecular weight is 268 g/mol. The number of aryl methyl sites for hydroxylation is 1. The van der Waals surface area contributed by atoms with Gasteiger partial charge in [-0.25, -0.2) is 0 Å². The van der Waals surface area contributed by atoms with Crippen LogP contribution in [0.5, 0.6) is 5.75 Å². The molecule has 0 aliphatic carbocycles. The summed E-state index contributed by atoms with van der Waals surface area (Å²) in [5, 5.41) is 3.55. The molecule has 0 fully saturated rings. The van der Waals surface area contributed by atoms with Gasteiger partial charge in [0.15, 0.2) is 0 Å². The van der Waals surface area contributed by atoms with Crippen molar-refractivity contribution in [3.63, 3.8) is 0 Å². The number of nitrogens with one attached hydrogen (secondary N) is 1. The normalized spacial score (nSPS) is 14.7. The minimum atomic E-state index is 0.139. The van der Waals surface area contributed by atoms with E-state index in [1.807, 2.05) is 12.4 Å². The first-order chi connectivity index (χ1) is 9.79. The molecule has 0 amide bonds. The maximum absolute atomic E-state index is 5.85. The number of pyridine rings is 1. The molecular weight excluding hydrogens is 248 g/mol. The van der Waals surface area contributed by atoms with Gasteiger partial charge in [0.1, 0.15) is 5.75 Å². The van der Waals surface area contributed by atoms with Gasteiger partial charge in [-0.3, -0.25) is 4.98 Å². The summed E-state index contributed by atoms with van der Waals surface area (Å²) in [5.41, 5.74) is 4.90. The number of nitrogens with zero attached hydrogens (tertiary/aromatic N) is 1. The van der Waals surface area contributed by atoms with Gasteiger partial charge in [-0.1, -0.05) is 31.2 Å². The molecule has 0 saturated carbocycles. The number of hydrogen-bond donors (Lipinski definition) is 1. The van der Waals surface area contributed by atoms with Gasteiger partial charge in [-0.05, 0) is 30.2 Å². The Bertz CT molecular complexity index is 610. The molecule has 1 aromatic carbocycles. The Morgan fingerprint density at radius 2 is 2.25 bits per heavy atom. The largest absolute Gasteiger partial charge is 0.493 e. The smallest absolute Gasteiger partial charge is 0.127 e. The van der Waals surface area contributed by atoms with Crippen molar-refractivity contribution >= 4 is 0 Å². The van der Waals surface area contributed by atoms with Gasteiger partial charge in [0.05, 0.1) is 12.6 Å². The van der Waals surface area contributed by atoms with E-state index in [1.165, 1.54) is 22.3 Å². The zero-order valence-electron chi connectivity index (χ0n) is 12.0. The summed E-state index contributed by atoms with van der Waals surface area (Å²) in [4.78, 5) is 4.33. The number of rotatable bonds is 4. The molecule has 1 atom stereocenters. The van der Waals surface area contributed by atoms with Crippen LogP contribution >= 0.6 is 0 Å². The monoisotopic (exact) mass is 268 g/mol. The van der Waals surface area contributed by atoms with E-state index < -0.39 is 0 Å². The van der Waals surface area contributed by atoms with Crippen molar-refractivity contribution in [3.05, 3.63) is 58.9 Å². The second-order valence-corrected chi connectivity index (χ2v) is 5.22. The third-order valence-corrected chi connectivity index (χ3v) is 3.69. The topological polar surface area (TPSA) is 34.2 Å². The molecule has 3 nitrogen and oxygen atoms in total. The Labute approximate surface area is 120 Å². The summed E-state index contributed by atoms with van der Waals surface area (Å²) in [7, 11) is 0. The van der Waals surface area contributed by atoms with E-state index in [2.05, 4.69) is 48.4 Å². The van der Waals surface area contributed by atoms with Crippen LogP contribution in [0.3, 0.4) is 0 Å². The standard InChI is InChI=1S/C17H20N2O/c1-3-19-16(14-9-12(2)10-18-11-14)15-6-4-5-13-7-8-20-17(13)15/h4-6,9-11,16,19H,3,7-8H2,1-2H3. The second kappa shape index (κ2) is 5.63. The van der Waals surface area contributed by atoms with Crippen LogP contribution < -0.4 is 10.1 Å². The number of ether oxygens (including phenoxy) is 1. The first-order valence-corrected chi connectivity index (χ1v) is 7.19. The highest BCUT2D eigenvalue weighted by atomic mass is 16.5. The van der Waals surface area contributed by atoms with E-state index >= 15 is 0 Å². The van der Waals surface area contributed by atoms with Crippen molar-refractivity contribution < 1.29 is 4.74 Å². The fraction of sp³-hybridized carbons (Fsp3) is 0.353. The highest BCUT2D eigenvalue weighted by Crippen LogP contribution is 2.36. The van der Waals surface area contributed by atoms with Gasteiger partial charge in [0.25, 0.3) is 0 Å². The Kier molecular flexibility index (Phi) is 3.70. The summed E-state index contributed by atoms with van der Waals surface area (Å²) in [6.07, 6.45) is 4.83. The highest BCUT2D eigenvalue weighted by Gasteiger charge is 2.23. The van der Waals surface area contributed by atoms with Gasteiger partial charge in [0, 0.05) is 24.4 Å². The van der Waals surface area contributed by atoms with Crippen LogP contribution in [0.15, 0.2) is 36.7 Å². The Morgan fingerprint density at radius 3 is 3.05 bits per heavy atom. The molecular formula is C17H20N2O. The molecule has 20 heavy (non-hydrogen) atoms. The molecule has 2 heterocycles. The molecule has 1 aliphatic rings. The summed E-state index contributed by atoms with van der Waals surface area (Å²) >= 11 is 0. The molecule has 0 bridgehead atoms. The summed E-state index contributed by atoms with van der Waals surface area (Å²) in [6.45, 7) is 5.89. The molecule has 104 valence electrons. The minimum absolute atomic E-state index is 0.139. The second-order valence-electron chi connectivity index (χ2n) is 5.22. The highest BCUT2D eigenvalue weighted by molar-refractivity contribution is 5.48. The van der Waals surface area contributed by atoms with Crippen molar-refractivity contribution in [2.45, 2.75) is 26.3 Å². The summed E-state index contributed by atoms with van der Waals surface area (Å²) in [5.74, 6) is 1.06. The van der Waals surface area contributed by atoms with Crippen molar-refractivity contribution in [1.82, 2.24) is 10.3 Å². The first-order valence-electron chi connectivity index (χ1n) is 7.19. The Balaban J connectivity index is 2.05. The number of fused-ring (bicyclic) bond motifs is 1. The lowest BCUT2D eigenvalue weighted by molar-refractivity contribution is 0.350. The molecule has 3 rings (SSSR count). The third kappa shape index (κ3) is 2.41. The van der Waals surface area contributed by atoms with E-state index in [0.29, 0.717) is 0 Å². The minimum Gasteiger partial charge on any atom is -0.493 e. The van der Waals surface area contributed by atoms with Crippen LogP contribution in [0.1, 0.15) is 35.2 Å². The van der Waals surface area contributed by atoms with Crippen LogP contribution in [0.4, 0.5) is 0 Å². The maximum Gasteiger partial charge on any atom is 0.127 e. The van der Waals surface area contributed by atoms with Crippen LogP contribution in [-0.2, 0) is 6.42 Å². The fourth-order valence-electron chi connectivity index (χ4n) is 2.82. The number of benzene rings is 1. The number of para-hydroxylation sites is 1. The lowest BCUT2D eigenvalue weighted by Crippen LogP contribution is -2.22. The fourth-order valence-corrected chi connectivity index (χ4v) is 2.82. The van der Waals surface area contributed by atoms with E-state index in [1.54, 1.807) is 0 Å². The predicted molar refractivity (Wildman–Crippen MR) is 80.1 cm³/mol. The van der Waals surface area contributed by atoms with Gasteiger partial charge in [-0.15, -0.1) is 0 Å². The molecule has 1 aliphatic heterocycles. The van der Waals surface area contributed by atoms with E-state index in [0.717, 1.165) is 25.3 Å². The van der Waals surface area contributed by atoms with Gasteiger partial charge in [0.2, 0.25) is 0 Å². The van der Waals surface area contributed by atoms with Crippen molar-refractivity contribution in [2.24, 2.45) is 0 Å². The Hall–Kier alpha value is -1.87. The van der Waals surface area contributed by atoms with E-state index in [-0.39, 0.29) is 6.04 Å². The number of aromatic nitrogens is 1. The van der Waals surface area contributed by atoms with Crippen LogP contribution in [-0.4, -0.2) is 18.1 Å². The average Bonchev–Trinajstić information content (AvgIpc) is 2.93. The van der Waals surface area contributed by atoms with E-state index in [4.69, 9.17) is 4.74 Å². The molecule has 1 unspecified atom stereocenters. The molecule has 1 N–H and O–H groups in total. The van der Waals surface area contributed by atoms with Gasteiger partial charge in [-0.2, -0.15) is 0 Å². The Morgan fingerprint density at radius 1 is 1.35 bits per heavy atom. The van der Waals surface area contributed by atoms with Crippen molar-refractivity contribution in [2.75, 3.05) is 13.2 Å². The molecule has 0 spiro atoms. The SMILES string of the molecule is CCNC(c1cncc(C)c1)c1cccc2c1OCC2. The maximum atomic E-state index is 5.85. The van der Waals surface area contributed by atoms with Crippen LogP contribution in [0.2, 0.25) is 0 Å². The lowest BCUT2D eigenvalue weighted by Gasteiger charge is -2.21. The van der Waals surface area contributed by atoms with Gasteiger partial charge < -0.3 is 10.1 Å². The van der Waals surface area contributed by atoms with E-state index in [9.17, 15) is 0 Å². The van der Waals surface area contributed by atoms with Crippen LogP contribution in [0.25, 0.3) is 0 Å². The lowest BCUT2D eigenvalue weighted by atomic mass is 9.96. The van der Waals surface area contributed by atoms with Crippen molar-refractivity contribution in [1.29, 1.82) is 0 Å². The molecule has 2 aromatic rings. The quantitative estimate of drug-likeness (QED) is 0.925. The predicted octanol–water partition coefficient (Wildman–Crippen LogP) is 3.02. The summed E-state index contributed by atoms with van der Waals surface area (Å²) < 4.78 is 5.85. The van der Waals surface area contributed by atoms with Gasteiger partial charge >= 0.3 is 0 Å². The molecule has 3 heteroatoms. The first kappa shape index (κ1) is 13.1. The number of hydrogen-bond acceptors (Lipinski definition) is 3. The molecule has 1 aromatic heterocycles. The van der Waals surface area contributed by atoms with Crippen molar-refractivity contribution in [3.8, 4) is 5.75 Å². The third-order valence-electron chi connectivity index (χ3n) is 3.69. The molecule has 0 saturated heterocycles. The zero-order valence-corrected chi connectivity index (χ0v) is 12.0. The molecule has 0 radical (unpaired) electrons. The van der Waals surface area contributed by atoms with Crippen LogP contribution in [0, 0.1) is 6.92 Å².